The first-order valence-corrected chi connectivity index (χ1v) is 14.7. The van der Waals surface area contributed by atoms with Gasteiger partial charge in [0, 0.05) is 35.1 Å². The highest BCUT2D eigenvalue weighted by Crippen LogP contribution is 2.46. The van der Waals surface area contributed by atoms with Crippen molar-refractivity contribution in [2.24, 2.45) is 5.92 Å². The van der Waals surface area contributed by atoms with Crippen LogP contribution in [-0.2, 0) is 16.0 Å². The van der Waals surface area contributed by atoms with Gasteiger partial charge in [-0.25, -0.2) is 0 Å². The van der Waals surface area contributed by atoms with Gasteiger partial charge in [0.05, 0.1) is 6.04 Å². The molecule has 208 valence electrons. The normalized spacial score (nSPS) is 21.2. The van der Waals surface area contributed by atoms with Crippen molar-refractivity contribution in [2.75, 3.05) is 6.54 Å². The van der Waals surface area contributed by atoms with Gasteiger partial charge >= 0.3 is 0 Å². The van der Waals surface area contributed by atoms with Crippen LogP contribution < -0.4 is 10.6 Å². The maximum Gasteiger partial charge on any atom is 0.255 e. The number of aromatic nitrogens is 1. The second kappa shape index (κ2) is 11.0. The number of carbonyl (C=O) groups is 3. The van der Waals surface area contributed by atoms with Crippen LogP contribution >= 0.6 is 0 Å². The first kappa shape index (κ1) is 26.4. The lowest BCUT2D eigenvalue weighted by Crippen LogP contribution is -2.58. The molecular formula is C33H38N4O3. The summed E-state index contributed by atoms with van der Waals surface area (Å²) in [5, 5.41) is 7.23. The van der Waals surface area contributed by atoms with Crippen molar-refractivity contribution < 1.29 is 14.4 Å². The van der Waals surface area contributed by atoms with E-state index in [9.17, 15) is 14.4 Å². The maximum atomic E-state index is 14.1. The highest BCUT2D eigenvalue weighted by atomic mass is 16.2. The molecule has 6 rings (SSSR count). The Bertz CT molecular complexity index is 1490. The Hall–Kier alpha value is -3.87. The number of H-pyrrole nitrogens is 1. The number of nitrogens with one attached hydrogen (secondary N) is 3. The van der Waals surface area contributed by atoms with Gasteiger partial charge in [0.15, 0.2) is 0 Å². The third kappa shape index (κ3) is 4.61. The molecule has 3 aliphatic rings. The highest BCUT2D eigenvalue weighted by molar-refractivity contribution is 6.04. The Labute approximate surface area is 235 Å². The Kier molecular flexibility index (Phi) is 7.22. The van der Waals surface area contributed by atoms with E-state index in [0.717, 1.165) is 53.4 Å². The van der Waals surface area contributed by atoms with E-state index in [1.807, 2.05) is 56.3 Å². The van der Waals surface area contributed by atoms with Crippen molar-refractivity contribution >= 4 is 28.6 Å². The molecule has 7 nitrogen and oxygen atoms in total. The lowest BCUT2D eigenvalue weighted by atomic mass is 9.89. The second-order valence-corrected chi connectivity index (χ2v) is 11.5. The lowest BCUT2D eigenvalue weighted by Gasteiger charge is -2.38. The van der Waals surface area contributed by atoms with Crippen molar-refractivity contribution in [3.8, 4) is 0 Å². The number of carbonyl (C=O) groups excluding carboxylic acids is 3. The van der Waals surface area contributed by atoms with Crippen LogP contribution in [0.5, 0.6) is 0 Å². The molecule has 0 saturated heterocycles. The first-order valence-electron chi connectivity index (χ1n) is 14.7. The predicted molar refractivity (Wildman–Crippen MR) is 156 cm³/mol. The number of fused-ring (bicyclic) bond motifs is 7. The van der Waals surface area contributed by atoms with Gasteiger partial charge in [-0.3, -0.25) is 14.4 Å². The van der Waals surface area contributed by atoms with Crippen molar-refractivity contribution in [3.05, 3.63) is 82.6 Å². The monoisotopic (exact) mass is 538 g/mol. The molecule has 40 heavy (non-hydrogen) atoms. The second-order valence-electron chi connectivity index (χ2n) is 11.5. The number of rotatable bonds is 8. The fraction of sp³-hybridized carbons (Fsp3) is 0.424. The van der Waals surface area contributed by atoms with Crippen LogP contribution in [0.1, 0.15) is 85.6 Å². The average Bonchev–Trinajstić information content (AvgIpc) is 3.51. The van der Waals surface area contributed by atoms with E-state index in [0.29, 0.717) is 18.5 Å². The summed E-state index contributed by atoms with van der Waals surface area (Å²) in [6.07, 6.45) is 8.96. The fourth-order valence-corrected chi connectivity index (χ4v) is 6.68. The van der Waals surface area contributed by atoms with Crippen LogP contribution in [0.4, 0.5) is 0 Å². The zero-order chi connectivity index (χ0) is 27.8. The SMILES string of the molecule is CC[C@H](C)[C@H](NC(=O)[C@@H]1Cc2c([nH]c3ccccc23)[C@@H]2c3ccccc3C(=O)N21)C(=O)NCCC1=CCCCC1. The number of amides is 3. The number of para-hydroxylation sites is 1. The minimum atomic E-state index is -0.719. The number of nitrogens with zero attached hydrogens (tertiary/aromatic N) is 1. The first-order chi connectivity index (χ1) is 19.5. The molecule has 2 aliphatic heterocycles. The summed E-state index contributed by atoms with van der Waals surface area (Å²) in [6.45, 7) is 4.59. The maximum absolute atomic E-state index is 14.1. The Morgan fingerprint density at radius 2 is 1.90 bits per heavy atom. The van der Waals surface area contributed by atoms with E-state index in [1.54, 1.807) is 4.90 Å². The Morgan fingerprint density at radius 1 is 1.10 bits per heavy atom. The summed E-state index contributed by atoms with van der Waals surface area (Å²) in [7, 11) is 0. The van der Waals surface area contributed by atoms with E-state index < -0.39 is 12.1 Å². The molecule has 0 fully saturated rings. The van der Waals surface area contributed by atoms with Gasteiger partial charge in [0.25, 0.3) is 5.91 Å². The van der Waals surface area contributed by atoms with Crippen LogP contribution in [-0.4, -0.2) is 46.2 Å². The molecule has 0 unspecified atom stereocenters. The molecule has 0 bridgehead atoms. The predicted octanol–water partition coefficient (Wildman–Crippen LogP) is 5.18. The molecule has 1 aliphatic carbocycles. The van der Waals surface area contributed by atoms with Crippen LogP contribution in [0.2, 0.25) is 0 Å². The number of allylic oxidation sites excluding steroid dienone is 1. The van der Waals surface area contributed by atoms with Crippen LogP contribution in [0.3, 0.4) is 0 Å². The Balaban J connectivity index is 1.27. The van der Waals surface area contributed by atoms with E-state index in [2.05, 4.69) is 27.8 Å². The van der Waals surface area contributed by atoms with Gasteiger partial charge in [-0.2, -0.15) is 0 Å². The Morgan fingerprint density at radius 3 is 2.70 bits per heavy atom. The van der Waals surface area contributed by atoms with Crippen molar-refractivity contribution in [3.63, 3.8) is 0 Å². The van der Waals surface area contributed by atoms with Crippen LogP contribution in [0, 0.1) is 5.92 Å². The topological polar surface area (TPSA) is 94.3 Å². The molecule has 0 spiro atoms. The zero-order valence-electron chi connectivity index (χ0n) is 23.3. The number of benzene rings is 2. The van der Waals surface area contributed by atoms with Crippen LogP contribution in [0.15, 0.2) is 60.2 Å². The molecule has 3 heterocycles. The summed E-state index contributed by atoms with van der Waals surface area (Å²) in [4.78, 5) is 46.4. The van der Waals surface area contributed by atoms with Crippen molar-refractivity contribution in [1.29, 1.82) is 0 Å². The molecule has 3 amide bonds. The zero-order valence-corrected chi connectivity index (χ0v) is 23.3. The quantitative estimate of drug-likeness (QED) is 0.345. The summed E-state index contributed by atoms with van der Waals surface area (Å²) in [5.41, 5.74) is 5.97. The lowest BCUT2D eigenvalue weighted by molar-refractivity contribution is -0.133. The molecule has 0 radical (unpaired) electrons. The molecule has 1 aromatic heterocycles. The van der Waals surface area contributed by atoms with Gasteiger partial charge in [-0.05, 0) is 61.3 Å². The summed E-state index contributed by atoms with van der Waals surface area (Å²) in [5.74, 6) is -0.629. The summed E-state index contributed by atoms with van der Waals surface area (Å²) in [6, 6.07) is 13.9. The summed E-state index contributed by atoms with van der Waals surface area (Å²) >= 11 is 0. The molecular weight excluding hydrogens is 500 g/mol. The van der Waals surface area contributed by atoms with Gasteiger partial charge < -0.3 is 20.5 Å². The van der Waals surface area contributed by atoms with Crippen molar-refractivity contribution in [1.82, 2.24) is 20.5 Å². The molecule has 3 aromatic rings. The molecule has 4 atom stereocenters. The molecule has 0 saturated carbocycles. The third-order valence-corrected chi connectivity index (χ3v) is 9.08. The smallest absolute Gasteiger partial charge is 0.255 e. The number of hydrogen-bond donors (Lipinski definition) is 3. The molecule has 2 aromatic carbocycles. The van der Waals surface area contributed by atoms with Crippen molar-refractivity contribution in [2.45, 2.75) is 76.9 Å². The minimum Gasteiger partial charge on any atom is -0.356 e. The fourth-order valence-electron chi connectivity index (χ4n) is 6.68. The third-order valence-electron chi connectivity index (χ3n) is 9.08. The standard InChI is InChI=1S/C33H38N4O3/c1-3-20(2)28(32(39)34-18-17-21-11-5-4-6-12-21)36-31(38)27-19-25-22-13-9-10-16-26(22)35-29(25)30-23-14-7-8-15-24(23)33(40)37(27)30/h7-11,13-16,20,27-28,30,35H,3-6,12,17-19H2,1-2H3,(H,34,39)(H,36,38)/t20-,27-,28-,30-/m0/s1. The van der Waals surface area contributed by atoms with E-state index in [1.165, 1.54) is 18.4 Å². The minimum absolute atomic E-state index is 0.0487. The largest absolute Gasteiger partial charge is 0.356 e. The summed E-state index contributed by atoms with van der Waals surface area (Å²) < 4.78 is 0. The van der Waals surface area contributed by atoms with Gasteiger partial charge in [-0.1, -0.05) is 68.3 Å². The van der Waals surface area contributed by atoms with Gasteiger partial charge in [-0.15, -0.1) is 0 Å². The molecule has 3 N–H and O–H groups in total. The van der Waals surface area contributed by atoms with E-state index in [-0.39, 0.29) is 29.7 Å². The highest BCUT2D eigenvalue weighted by Gasteiger charge is 2.49. The van der Waals surface area contributed by atoms with E-state index in [4.69, 9.17) is 0 Å². The van der Waals surface area contributed by atoms with Gasteiger partial charge in [0.1, 0.15) is 12.1 Å². The average molecular weight is 539 g/mol. The van der Waals surface area contributed by atoms with Gasteiger partial charge in [0.2, 0.25) is 11.8 Å². The van der Waals surface area contributed by atoms with Crippen LogP contribution in [0.25, 0.3) is 10.9 Å². The molecule has 7 heteroatoms. The number of hydrogen-bond acceptors (Lipinski definition) is 3. The number of aromatic amines is 1. The van der Waals surface area contributed by atoms with E-state index >= 15 is 0 Å².